The van der Waals surface area contributed by atoms with Crippen molar-refractivity contribution in [2.24, 2.45) is 22.2 Å². The highest BCUT2D eigenvalue weighted by molar-refractivity contribution is 5.96. The first-order chi connectivity index (χ1) is 32.8. The van der Waals surface area contributed by atoms with Gasteiger partial charge in [0.05, 0.1) is 30.0 Å². The van der Waals surface area contributed by atoms with E-state index in [1.54, 1.807) is 44.2 Å². The molecule has 3 aliphatic heterocycles. The van der Waals surface area contributed by atoms with Crippen molar-refractivity contribution in [2.75, 3.05) is 40.4 Å². The van der Waals surface area contributed by atoms with Crippen LogP contribution in [0.4, 0.5) is 8.78 Å². The number of carbonyl (C=O) groups excluding carboxylic acids is 5. The molecule has 4 heterocycles. The number of hydrazine groups is 1. The van der Waals surface area contributed by atoms with Gasteiger partial charge in [-0.1, -0.05) is 65.1 Å². The van der Waals surface area contributed by atoms with Gasteiger partial charge in [0.1, 0.15) is 18.1 Å². The third-order valence-electron chi connectivity index (χ3n) is 13.6. The SMILES string of the molecule is C=CC(=O)N1CC[C@H](C(=O)N(C)[C@H](C(=O)N[C@H]2Cc3cc(cc(C(F)F)c3)-c3ccc4c(c3)c(c(/C(C=C)=C(/N=C\C)[C@H](C)OC)n4CC)CC(C)(C)COC(=O)[C@@H]3CCCN(N3)C2=O)C(C)C)C1. The van der Waals surface area contributed by atoms with E-state index in [1.165, 1.54) is 35.2 Å². The Balaban J connectivity index is 1.50. The lowest BCUT2D eigenvalue weighted by atomic mass is 9.84. The van der Waals surface area contributed by atoms with Gasteiger partial charge in [-0.15, -0.1) is 0 Å². The van der Waals surface area contributed by atoms with Gasteiger partial charge in [-0.3, -0.25) is 34.0 Å². The lowest BCUT2D eigenvalue weighted by Gasteiger charge is -2.37. The summed E-state index contributed by atoms with van der Waals surface area (Å²) in [6.07, 6.45) is 2.89. The summed E-state index contributed by atoms with van der Waals surface area (Å²) in [5.74, 6) is -3.32. The molecule has 372 valence electrons. The fourth-order valence-corrected chi connectivity index (χ4v) is 10.0. The fraction of sp³-hybridized carbons (Fsp3) is 0.509. The second kappa shape index (κ2) is 22.2. The summed E-state index contributed by atoms with van der Waals surface area (Å²) in [6.45, 7) is 22.5. The monoisotopic (exact) mass is 954 g/mol. The van der Waals surface area contributed by atoms with Gasteiger partial charge >= 0.3 is 5.97 Å². The Kier molecular flexibility index (Phi) is 16.8. The number of cyclic esters (lactones) is 1. The van der Waals surface area contributed by atoms with Crippen LogP contribution < -0.4 is 10.7 Å². The molecule has 69 heavy (non-hydrogen) atoms. The van der Waals surface area contributed by atoms with Crippen LogP contribution in [0.25, 0.3) is 27.6 Å². The predicted octanol–water partition coefficient (Wildman–Crippen LogP) is 7.45. The molecule has 2 aromatic carbocycles. The third kappa shape index (κ3) is 11.4. The Labute approximate surface area is 404 Å². The normalized spacial score (nSPS) is 21.2. The Hall–Kier alpha value is -6.00. The van der Waals surface area contributed by atoms with Crippen LogP contribution in [0, 0.1) is 17.3 Å². The van der Waals surface area contributed by atoms with E-state index in [1.807, 2.05) is 52.8 Å². The smallest absolute Gasteiger partial charge is 0.324 e. The number of carbonyl (C=O) groups is 5. The Morgan fingerprint density at radius 2 is 1.80 bits per heavy atom. The summed E-state index contributed by atoms with van der Waals surface area (Å²) >= 11 is 0. The molecule has 0 unspecified atom stereocenters. The number of nitrogens with one attached hydrogen (secondary N) is 2. The van der Waals surface area contributed by atoms with E-state index in [4.69, 9.17) is 14.5 Å². The van der Waals surface area contributed by atoms with Gasteiger partial charge in [0, 0.05) is 80.4 Å². The number of hydrogen-bond donors (Lipinski definition) is 2. The highest BCUT2D eigenvalue weighted by Crippen LogP contribution is 2.41. The maximum atomic E-state index is 15.0. The molecule has 3 aromatic rings. The van der Waals surface area contributed by atoms with Gasteiger partial charge in [0.2, 0.25) is 17.7 Å². The molecule has 0 spiro atoms. The van der Waals surface area contributed by atoms with Crippen LogP contribution in [-0.2, 0) is 52.8 Å². The molecule has 16 heteroatoms. The average molecular weight is 954 g/mol. The van der Waals surface area contributed by atoms with E-state index in [2.05, 4.69) is 28.5 Å². The first kappa shape index (κ1) is 52.4. The van der Waals surface area contributed by atoms with Crippen LogP contribution in [0.1, 0.15) is 96.5 Å². The summed E-state index contributed by atoms with van der Waals surface area (Å²) in [5, 5.41) is 5.08. The number of esters is 1. The highest BCUT2D eigenvalue weighted by atomic mass is 19.3. The summed E-state index contributed by atoms with van der Waals surface area (Å²) in [6, 6.07) is 7.17. The molecule has 3 aliphatic rings. The third-order valence-corrected chi connectivity index (χ3v) is 13.6. The minimum atomic E-state index is -2.87. The first-order valence-electron chi connectivity index (χ1n) is 24.0. The average Bonchev–Trinajstić information content (AvgIpc) is 3.94. The summed E-state index contributed by atoms with van der Waals surface area (Å²) in [5.41, 5.74) is 7.77. The van der Waals surface area contributed by atoms with E-state index in [-0.39, 0.29) is 43.5 Å². The van der Waals surface area contributed by atoms with Gasteiger partial charge in [0.15, 0.2) is 0 Å². The molecular formula is C53H69F2N7O7. The van der Waals surface area contributed by atoms with Crippen LogP contribution in [0.2, 0.25) is 0 Å². The van der Waals surface area contributed by atoms with Crippen molar-refractivity contribution in [1.82, 2.24) is 30.1 Å². The summed E-state index contributed by atoms with van der Waals surface area (Å²) in [4.78, 5) is 77.2. The topological polar surface area (TPSA) is 155 Å². The molecule has 1 aromatic heterocycles. The van der Waals surface area contributed by atoms with Crippen LogP contribution >= 0.6 is 0 Å². The number of likely N-dealkylation sites (N-methyl/N-ethyl adjacent to an activating group) is 1. The molecule has 2 saturated heterocycles. The molecule has 0 saturated carbocycles. The molecule has 2 N–H and O–H groups in total. The Morgan fingerprint density at radius 1 is 1.06 bits per heavy atom. The van der Waals surface area contributed by atoms with Gasteiger partial charge in [0.25, 0.3) is 12.3 Å². The first-order valence-corrected chi connectivity index (χ1v) is 24.0. The number of allylic oxidation sites excluding steroid dienone is 2. The van der Waals surface area contributed by atoms with E-state index in [0.29, 0.717) is 61.2 Å². The number of aliphatic imine (C=N–C) groups is 1. The minimum absolute atomic E-state index is 0.0300. The van der Waals surface area contributed by atoms with Gasteiger partial charge in [-0.25, -0.2) is 14.2 Å². The van der Waals surface area contributed by atoms with Crippen molar-refractivity contribution in [3.05, 3.63) is 89.8 Å². The highest BCUT2D eigenvalue weighted by Gasteiger charge is 2.40. The number of halogens is 2. The van der Waals surface area contributed by atoms with Gasteiger partial charge in [-0.05, 0) is 98.9 Å². The number of ether oxygens (including phenoxy) is 2. The minimum Gasteiger partial charge on any atom is -0.464 e. The molecule has 6 bridgehead atoms. The number of hydrogen-bond acceptors (Lipinski definition) is 9. The fourth-order valence-electron chi connectivity index (χ4n) is 10.0. The number of rotatable bonds is 13. The maximum Gasteiger partial charge on any atom is 0.324 e. The van der Waals surface area contributed by atoms with E-state index in [9.17, 15) is 24.0 Å². The summed E-state index contributed by atoms with van der Waals surface area (Å²) < 4.78 is 44.1. The maximum absolute atomic E-state index is 15.0. The van der Waals surface area contributed by atoms with E-state index < -0.39 is 65.7 Å². The van der Waals surface area contributed by atoms with Crippen molar-refractivity contribution in [2.45, 2.75) is 118 Å². The van der Waals surface area contributed by atoms with Crippen LogP contribution in [0.5, 0.6) is 0 Å². The molecule has 0 radical (unpaired) electrons. The summed E-state index contributed by atoms with van der Waals surface area (Å²) in [7, 11) is 3.15. The number of nitrogens with zero attached hydrogens (tertiary/aromatic N) is 5. The van der Waals surface area contributed by atoms with Gasteiger partial charge in [-0.2, -0.15) is 0 Å². The Bertz CT molecular complexity index is 2530. The van der Waals surface area contributed by atoms with Crippen molar-refractivity contribution >= 4 is 52.3 Å². The lowest BCUT2D eigenvalue weighted by molar-refractivity contribution is -0.155. The zero-order chi connectivity index (χ0) is 50.5. The number of aryl methyl sites for hydroxylation is 1. The van der Waals surface area contributed by atoms with Crippen LogP contribution in [-0.4, -0.2) is 120 Å². The number of aromatic nitrogens is 1. The largest absolute Gasteiger partial charge is 0.464 e. The molecule has 2 fully saturated rings. The molecule has 5 atom stereocenters. The van der Waals surface area contributed by atoms with Gasteiger partial charge < -0.3 is 29.2 Å². The van der Waals surface area contributed by atoms with Crippen molar-refractivity contribution in [1.29, 1.82) is 0 Å². The van der Waals surface area contributed by atoms with E-state index in [0.717, 1.165) is 27.7 Å². The van der Waals surface area contributed by atoms with Crippen LogP contribution in [0.3, 0.4) is 0 Å². The second-order valence-electron chi connectivity index (χ2n) is 19.5. The predicted molar refractivity (Wildman–Crippen MR) is 264 cm³/mol. The number of alkyl halides is 2. The quantitative estimate of drug-likeness (QED) is 0.0776. The van der Waals surface area contributed by atoms with Crippen molar-refractivity contribution in [3.63, 3.8) is 0 Å². The van der Waals surface area contributed by atoms with Crippen molar-refractivity contribution < 1.29 is 42.2 Å². The molecule has 0 aliphatic carbocycles. The lowest BCUT2D eigenvalue weighted by Crippen LogP contribution is -2.62. The van der Waals surface area contributed by atoms with Crippen LogP contribution in [0.15, 0.2) is 72.4 Å². The number of benzene rings is 2. The molecule has 14 nitrogen and oxygen atoms in total. The second-order valence-corrected chi connectivity index (χ2v) is 19.5. The molecular weight excluding hydrogens is 885 g/mol. The number of likely N-dealkylation sites (tertiary alicyclic amines) is 1. The number of fused-ring (bicyclic) bond motifs is 6. The van der Waals surface area contributed by atoms with E-state index >= 15 is 8.78 Å². The zero-order valence-corrected chi connectivity index (χ0v) is 41.6. The Morgan fingerprint density at radius 3 is 2.43 bits per heavy atom. The standard InChI is InChI=1S/C53H69F2N7O7/c1-12-38(45(56-14-3)32(7)68-11)47-40-28-53(8,9)30-69-52(67)41-17-16-21-62(58-41)51(66)42(57-49(64)46(31(5)6)59(10)50(65)35-20-22-60(29-35)44(63)13-2)25-33-23-36(26-37(24-33)48(54)55)34-18-19-43(39(40)27-34)61(47)15-4/h12-14,18-19,23-24,26-27,31-32,35,41-42,46,48,58H,1-2,15-17,20-22,25,28-30H2,3-11H3,(H,57,64)/b45-38+,56-14-/t32-,35-,41-,42-,46-/m0/s1. The van der Waals surface area contributed by atoms with Crippen molar-refractivity contribution in [3.8, 4) is 11.1 Å². The number of methoxy groups -OCH3 is 1. The molecule has 6 rings (SSSR count). The zero-order valence-electron chi connectivity index (χ0n) is 41.6. The molecule has 4 amide bonds. The number of amides is 4.